The van der Waals surface area contributed by atoms with Crippen molar-refractivity contribution in [1.29, 1.82) is 0 Å². The Balaban J connectivity index is 1.22. The summed E-state index contributed by atoms with van der Waals surface area (Å²) >= 11 is 0. The molecule has 0 radical (unpaired) electrons. The molecule has 3 aromatic rings. The number of benzene rings is 2. The number of para-hydroxylation sites is 2. The van der Waals surface area contributed by atoms with Crippen LogP contribution in [0.15, 0.2) is 54.6 Å². The molecule has 42 heavy (non-hydrogen) atoms. The van der Waals surface area contributed by atoms with Crippen LogP contribution in [0.4, 0.5) is 0 Å². The average Bonchev–Trinajstić information content (AvgIpc) is 3.79. The van der Waals surface area contributed by atoms with Crippen LogP contribution in [0.25, 0.3) is 11.0 Å². The first-order valence-electron chi connectivity index (χ1n) is 14.8. The number of hydrogen-bond acceptors (Lipinski definition) is 6. The second kappa shape index (κ2) is 11.9. The molecule has 5 atom stereocenters. The summed E-state index contributed by atoms with van der Waals surface area (Å²) in [5.41, 5.74) is 2.23. The fraction of sp³-hybridized carbons (Fsp3) is 0.438. The van der Waals surface area contributed by atoms with E-state index >= 15 is 0 Å². The second-order valence-electron chi connectivity index (χ2n) is 11.7. The Hall–Kier alpha value is -4.34. The van der Waals surface area contributed by atoms with Gasteiger partial charge in [-0.15, -0.1) is 0 Å². The number of nitrogens with one attached hydrogen (secondary N) is 3. The van der Waals surface area contributed by atoms with E-state index in [-0.39, 0.29) is 42.3 Å². The minimum atomic E-state index is -1.16. The standard InChI is InChI=1S/C32H35N5O5/c38-26-15-7-10-20(26)16-25(28(39)31(41)33-17-19-8-2-1-3-9-19)36-30(40)27-22-12-6-11-21(22)18-37(27)32(42)29-34-23-13-4-5-14-24(23)35-29/h1-5,8-9,13-14,20-22,25,27H,6-7,10-12,15-18H2,(H,33,41)(H,34,35)(H,36,40). The monoisotopic (exact) mass is 569 g/mol. The number of carbonyl (C=O) groups is 5. The minimum Gasteiger partial charge on any atom is -0.345 e. The lowest BCUT2D eigenvalue weighted by Crippen LogP contribution is -2.55. The quantitative estimate of drug-likeness (QED) is 0.339. The van der Waals surface area contributed by atoms with Crippen LogP contribution in [-0.4, -0.2) is 62.8 Å². The number of H-pyrrole nitrogens is 1. The molecule has 6 rings (SSSR count). The summed E-state index contributed by atoms with van der Waals surface area (Å²) in [5, 5.41) is 5.49. The molecule has 218 valence electrons. The van der Waals surface area contributed by atoms with Gasteiger partial charge in [-0.3, -0.25) is 24.0 Å². The van der Waals surface area contributed by atoms with Gasteiger partial charge in [0.15, 0.2) is 5.82 Å². The molecule has 1 saturated heterocycles. The van der Waals surface area contributed by atoms with Crippen molar-refractivity contribution in [2.24, 2.45) is 17.8 Å². The van der Waals surface area contributed by atoms with Crippen LogP contribution in [0, 0.1) is 17.8 Å². The average molecular weight is 570 g/mol. The number of likely N-dealkylation sites (tertiary alicyclic amines) is 1. The summed E-state index contributed by atoms with van der Waals surface area (Å²) in [7, 11) is 0. The largest absolute Gasteiger partial charge is 0.345 e. The molecule has 10 heteroatoms. The molecule has 10 nitrogen and oxygen atoms in total. The molecule has 3 fully saturated rings. The molecule has 2 aromatic carbocycles. The summed E-state index contributed by atoms with van der Waals surface area (Å²) in [6.07, 6.45) is 4.53. The predicted octanol–water partition coefficient (Wildman–Crippen LogP) is 2.93. The molecule has 1 aliphatic heterocycles. The molecule has 3 N–H and O–H groups in total. The molecule has 2 saturated carbocycles. The summed E-state index contributed by atoms with van der Waals surface area (Å²) in [4.78, 5) is 75.7. The molecule has 2 heterocycles. The molecule has 5 unspecified atom stereocenters. The highest BCUT2D eigenvalue weighted by Gasteiger charge is 2.50. The number of nitrogens with zero attached hydrogens (tertiary/aromatic N) is 2. The Bertz CT molecular complexity index is 1480. The normalized spacial score (nSPS) is 24.0. The van der Waals surface area contributed by atoms with E-state index < -0.39 is 35.6 Å². The van der Waals surface area contributed by atoms with E-state index in [1.807, 2.05) is 54.6 Å². The van der Waals surface area contributed by atoms with Crippen LogP contribution < -0.4 is 10.6 Å². The molecule has 2 aliphatic carbocycles. The number of ketones is 2. The first-order valence-corrected chi connectivity index (χ1v) is 14.8. The van der Waals surface area contributed by atoms with Crippen LogP contribution in [0.2, 0.25) is 0 Å². The van der Waals surface area contributed by atoms with Crippen LogP contribution in [0.1, 0.15) is 61.1 Å². The fourth-order valence-corrected chi connectivity index (χ4v) is 6.97. The maximum Gasteiger partial charge on any atom is 0.290 e. The Morgan fingerprint density at radius 3 is 2.52 bits per heavy atom. The lowest BCUT2D eigenvalue weighted by atomic mass is 9.91. The Morgan fingerprint density at radius 2 is 1.76 bits per heavy atom. The SMILES string of the molecule is O=C(NCc1ccccc1)C(=O)C(CC1CCCC1=O)NC(=O)C1C2CCCC2CN1C(=O)c1nc2ccccc2[nH]1. The van der Waals surface area contributed by atoms with Gasteiger partial charge in [-0.2, -0.15) is 0 Å². The third kappa shape index (κ3) is 5.57. The van der Waals surface area contributed by atoms with Crippen LogP contribution in [0.5, 0.6) is 0 Å². The van der Waals surface area contributed by atoms with Gasteiger partial charge in [0, 0.05) is 25.4 Å². The van der Waals surface area contributed by atoms with Gasteiger partial charge in [-0.25, -0.2) is 4.98 Å². The zero-order valence-corrected chi connectivity index (χ0v) is 23.4. The van der Waals surface area contributed by atoms with Crippen molar-refractivity contribution in [3.63, 3.8) is 0 Å². The van der Waals surface area contributed by atoms with Crippen LogP contribution >= 0.6 is 0 Å². The molecular formula is C32H35N5O5. The molecular weight excluding hydrogens is 534 g/mol. The summed E-state index contributed by atoms with van der Waals surface area (Å²) in [6, 6.07) is 14.6. The van der Waals surface area contributed by atoms with Gasteiger partial charge in [0.05, 0.1) is 17.1 Å². The summed E-state index contributed by atoms with van der Waals surface area (Å²) < 4.78 is 0. The van der Waals surface area contributed by atoms with Gasteiger partial charge < -0.3 is 20.5 Å². The Kier molecular flexibility index (Phi) is 7.86. The van der Waals surface area contributed by atoms with Crippen molar-refractivity contribution in [2.45, 2.75) is 63.6 Å². The van der Waals surface area contributed by atoms with Crippen molar-refractivity contribution in [3.05, 3.63) is 66.0 Å². The van der Waals surface area contributed by atoms with Crippen molar-refractivity contribution < 1.29 is 24.0 Å². The number of rotatable bonds is 9. The second-order valence-corrected chi connectivity index (χ2v) is 11.7. The number of aromatic amines is 1. The Morgan fingerprint density at radius 1 is 0.976 bits per heavy atom. The molecule has 0 bridgehead atoms. The third-order valence-electron chi connectivity index (χ3n) is 9.12. The maximum absolute atomic E-state index is 14.0. The van der Waals surface area contributed by atoms with Crippen molar-refractivity contribution >= 4 is 40.3 Å². The van der Waals surface area contributed by atoms with Crippen molar-refractivity contribution in [2.75, 3.05) is 6.54 Å². The molecule has 3 aliphatic rings. The van der Waals surface area contributed by atoms with Gasteiger partial charge in [0.2, 0.25) is 11.7 Å². The van der Waals surface area contributed by atoms with Gasteiger partial charge in [-0.1, -0.05) is 48.9 Å². The lowest BCUT2D eigenvalue weighted by molar-refractivity contribution is -0.141. The highest BCUT2D eigenvalue weighted by molar-refractivity contribution is 6.38. The van der Waals surface area contributed by atoms with Gasteiger partial charge in [-0.05, 0) is 61.6 Å². The summed E-state index contributed by atoms with van der Waals surface area (Å²) in [5.74, 6) is -2.47. The zero-order valence-electron chi connectivity index (χ0n) is 23.4. The minimum absolute atomic E-state index is 0.0464. The number of amides is 3. The number of hydrogen-bond donors (Lipinski definition) is 3. The molecule has 3 amide bonds. The van der Waals surface area contributed by atoms with E-state index in [2.05, 4.69) is 20.6 Å². The number of Topliss-reactive ketones (excluding diaryl/α,β-unsaturated/α-hetero) is 2. The molecule has 1 aromatic heterocycles. The summed E-state index contributed by atoms with van der Waals surface area (Å²) in [6.45, 7) is 0.594. The Labute approximate surface area is 243 Å². The smallest absolute Gasteiger partial charge is 0.290 e. The van der Waals surface area contributed by atoms with Crippen molar-refractivity contribution in [1.82, 2.24) is 25.5 Å². The van der Waals surface area contributed by atoms with Gasteiger partial charge in [0.1, 0.15) is 11.8 Å². The number of aromatic nitrogens is 2. The number of carbonyl (C=O) groups excluding carboxylic acids is 5. The van der Waals surface area contributed by atoms with E-state index in [9.17, 15) is 24.0 Å². The maximum atomic E-state index is 14.0. The van der Waals surface area contributed by atoms with Gasteiger partial charge >= 0.3 is 0 Å². The fourth-order valence-electron chi connectivity index (χ4n) is 6.97. The highest BCUT2D eigenvalue weighted by Crippen LogP contribution is 2.43. The zero-order chi connectivity index (χ0) is 29.2. The van der Waals surface area contributed by atoms with E-state index in [4.69, 9.17) is 0 Å². The number of fused-ring (bicyclic) bond motifs is 2. The molecule has 0 spiro atoms. The van der Waals surface area contributed by atoms with Crippen LogP contribution in [-0.2, 0) is 25.7 Å². The first-order chi connectivity index (χ1) is 20.4. The van der Waals surface area contributed by atoms with E-state index in [0.717, 1.165) is 36.8 Å². The third-order valence-corrected chi connectivity index (χ3v) is 9.12. The van der Waals surface area contributed by atoms with E-state index in [0.29, 0.717) is 24.9 Å². The van der Waals surface area contributed by atoms with E-state index in [1.165, 1.54) is 0 Å². The topological polar surface area (TPSA) is 141 Å². The first kappa shape index (κ1) is 27.8. The van der Waals surface area contributed by atoms with Crippen LogP contribution in [0.3, 0.4) is 0 Å². The van der Waals surface area contributed by atoms with E-state index in [1.54, 1.807) is 4.90 Å². The lowest BCUT2D eigenvalue weighted by Gasteiger charge is -2.29. The highest BCUT2D eigenvalue weighted by atomic mass is 16.2. The van der Waals surface area contributed by atoms with Gasteiger partial charge in [0.25, 0.3) is 11.8 Å². The van der Waals surface area contributed by atoms with Crippen molar-refractivity contribution in [3.8, 4) is 0 Å². The number of imidazole rings is 1. The predicted molar refractivity (Wildman–Crippen MR) is 154 cm³/mol.